The number of esters is 1. The van der Waals surface area contributed by atoms with Crippen molar-refractivity contribution < 1.29 is 22.7 Å². The summed E-state index contributed by atoms with van der Waals surface area (Å²) in [5.41, 5.74) is 4.83. The maximum atomic E-state index is 12.6. The molecule has 0 saturated carbocycles. The number of methoxy groups -OCH3 is 1. The molecule has 0 fully saturated rings. The number of hydrogen-bond donors (Lipinski definition) is 1. The third-order valence-corrected chi connectivity index (χ3v) is 2.67. The molecule has 18 heavy (non-hydrogen) atoms. The van der Waals surface area contributed by atoms with E-state index >= 15 is 0 Å². The molecule has 0 bridgehead atoms. The van der Waals surface area contributed by atoms with Crippen LogP contribution >= 0.6 is 11.6 Å². The predicted octanol–water partition coefficient (Wildman–Crippen LogP) is 2.92. The van der Waals surface area contributed by atoms with E-state index in [1.807, 2.05) is 0 Å². The lowest BCUT2D eigenvalue weighted by atomic mass is 10.0. The minimum atomic E-state index is -4.56. The van der Waals surface area contributed by atoms with E-state index in [-0.39, 0.29) is 12.0 Å². The second-order valence-electron chi connectivity index (χ2n) is 3.62. The number of hydrogen-bond acceptors (Lipinski definition) is 3. The van der Waals surface area contributed by atoms with Gasteiger partial charge in [0.05, 0.1) is 24.1 Å². The van der Waals surface area contributed by atoms with E-state index < -0.39 is 28.8 Å². The Kier molecular flexibility index (Phi) is 4.59. The fourth-order valence-electron chi connectivity index (χ4n) is 1.37. The first-order valence-electron chi connectivity index (χ1n) is 4.94. The summed E-state index contributed by atoms with van der Waals surface area (Å²) in [6.07, 6.45) is -4.76. The lowest BCUT2D eigenvalue weighted by molar-refractivity contribution is -0.141. The molecule has 0 radical (unpaired) electrons. The molecule has 0 aliphatic carbocycles. The summed E-state index contributed by atoms with van der Waals surface area (Å²) < 4.78 is 42.2. The first-order chi connectivity index (χ1) is 8.25. The highest BCUT2D eigenvalue weighted by atomic mass is 35.5. The number of ether oxygens (including phenoxy) is 1. The van der Waals surface area contributed by atoms with Gasteiger partial charge in [-0.3, -0.25) is 4.79 Å². The highest BCUT2D eigenvalue weighted by Gasteiger charge is 2.33. The van der Waals surface area contributed by atoms with Gasteiger partial charge in [0.1, 0.15) is 0 Å². The Hall–Kier alpha value is -1.27. The van der Waals surface area contributed by atoms with Gasteiger partial charge in [-0.15, -0.1) is 0 Å². The third-order valence-electron chi connectivity index (χ3n) is 2.34. The molecule has 0 unspecified atom stereocenters. The number of nitrogens with two attached hydrogens (primary N) is 1. The standard InChI is InChI=1S/C11H11ClF3NO2/c1-18-10(17)5-9(16)6-2-3-8(12)7(4-6)11(13,14)15/h2-4,9H,5,16H2,1H3/t9-/m1/s1. The molecular formula is C11H11ClF3NO2. The van der Waals surface area contributed by atoms with Crippen LogP contribution < -0.4 is 5.73 Å². The first-order valence-corrected chi connectivity index (χ1v) is 5.32. The van der Waals surface area contributed by atoms with Crippen molar-refractivity contribution in [1.29, 1.82) is 0 Å². The maximum absolute atomic E-state index is 12.6. The smallest absolute Gasteiger partial charge is 0.417 e. The summed E-state index contributed by atoms with van der Waals surface area (Å²) in [5.74, 6) is -0.592. The second kappa shape index (κ2) is 5.58. The molecule has 1 aromatic carbocycles. The Morgan fingerprint density at radius 3 is 2.61 bits per heavy atom. The largest absolute Gasteiger partial charge is 0.469 e. The van der Waals surface area contributed by atoms with Crippen LogP contribution in [0.2, 0.25) is 5.02 Å². The van der Waals surface area contributed by atoms with Crippen LogP contribution in [0.3, 0.4) is 0 Å². The summed E-state index contributed by atoms with van der Waals surface area (Å²) >= 11 is 5.47. The number of halogens is 4. The molecule has 1 atom stereocenters. The minimum absolute atomic E-state index is 0.178. The highest BCUT2D eigenvalue weighted by Crippen LogP contribution is 2.36. The highest BCUT2D eigenvalue weighted by molar-refractivity contribution is 6.31. The normalized spacial score (nSPS) is 13.2. The van der Waals surface area contributed by atoms with Crippen LogP contribution in [0.15, 0.2) is 18.2 Å². The molecule has 0 saturated heterocycles. The molecule has 2 N–H and O–H groups in total. The van der Waals surface area contributed by atoms with Crippen molar-refractivity contribution >= 4 is 17.6 Å². The van der Waals surface area contributed by atoms with Crippen molar-refractivity contribution in [3.63, 3.8) is 0 Å². The molecule has 0 aromatic heterocycles. The topological polar surface area (TPSA) is 52.3 Å². The van der Waals surface area contributed by atoms with Gasteiger partial charge in [-0.2, -0.15) is 13.2 Å². The van der Waals surface area contributed by atoms with Crippen LogP contribution in [0.1, 0.15) is 23.6 Å². The first kappa shape index (κ1) is 14.8. The molecule has 3 nitrogen and oxygen atoms in total. The van der Waals surface area contributed by atoms with E-state index in [0.717, 1.165) is 12.1 Å². The predicted molar refractivity (Wildman–Crippen MR) is 60.0 cm³/mol. The van der Waals surface area contributed by atoms with Crippen molar-refractivity contribution in [3.8, 4) is 0 Å². The zero-order valence-corrected chi connectivity index (χ0v) is 10.2. The van der Waals surface area contributed by atoms with Crippen LogP contribution in [-0.4, -0.2) is 13.1 Å². The summed E-state index contributed by atoms with van der Waals surface area (Å²) in [6.45, 7) is 0. The van der Waals surface area contributed by atoms with Gasteiger partial charge < -0.3 is 10.5 Å². The van der Waals surface area contributed by atoms with E-state index in [1.54, 1.807) is 0 Å². The Balaban J connectivity index is 3.01. The summed E-state index contributed by atoms with van der Waals surface area (Å²) in [7, 11) is 1.18. The van der Waals surface area contributed by atoms with E-state index in [9.17, 15) is 18.0 Å². The quantitative estimate of drug-likeness (QED) is 0.867. The van der Waals surface area contributed by atoms with Crippen LogP contribution in [0.4, 0.5) is 13.2 Å². The van der Waals surface area contributed by atoms with Gasteiger partial charge in [-0.05, 0) is 17.7 Å². The Bertz CT molecular complexity index is 448. The van der Waals surface area contributed by atoms with Crippen LogP contribution in [0.5, 0.6) is 0 Å². The summed E-state index contributed by atoms with van der Waals surface area (Å²) in [6, 6.07) is 2.44. The van der Waals surface area contributed by atoms with Gasteiger partial charge in [-0.25, -0.2) is 0 Å². The van der Waals surface area contributed by atoms with Crippen LogP contribution in [0.25, 0.3) is 0 Å². The molecule has 1 aromatic rings. The second-order valence-corrected chi connectivity index (χ2v) is 4.03. The van der Waals surface area contributed by atoms with Gasteiger partial charge in [0.2, 0.25) is 0 Å². The van der Waals surface area contributed by atoms with E-state index in [0.29, 0.717) is 0 Å². The third kappa shape index (κ3) is 3.61. The SMILES string of the molecule is COC(=O)C[C@@H](N)c1ccc(Cl)c(C(F)(F)F)c1. The molecule has 100 valence electrons. The van der Waals surface area contributed by atoms with Gasteiger partial charge in [0, 0.05) is 6.04 Å². The van der Waals surface area contributed by atoms with E-state index in [2.05, 4.69) is 4.74 Å². The molecule has 1 rings (SSSR count). The Morgan fingerprint density at radius 1 is 1.50 bits per heavy atom. The average Bonchev–Trinajstić information content (AvgIpc) is 2.27. The molecule has 0 aliphatic heterocycles. The van der Waals surface area contributed by atoms with E-state index in [4.69, 9.17) is 17.3 Å². The van der Waals surface area contributed by atoms with Crippen LogP contribution in [0, 0.1) is 0 Å². The van der Waals surface area contributed by atoms with Gasteiger partial charge in [0.15, 0.2) is 0 Å². The van der Waals surface area contributed by atoms with Crippen molar-refractivity contribution in [3.05, 3.63) is 34.3 Å². The molecule has 0 heterocycles. The number of alkyl halides is 3. The van der Waals surface area contributed by atoms with Gasteiger partial charge in [0.25, 0.3) is 0 Å². The van der Waals surface area contributed by atoms with E-state index in [1.165, 1.54) is 13.2 Å². The Labute approximate surface area is 107 Å². The Morgan fingerprint density at radius 2 is 2.11 bits per heavy atom. The number of carbonyl (C=O) groups is 1. The zero-order valence-electron chi connectivity index (χ0n) is 9.42. The monoisotopic (exact) mass is 281 g/mol. The van der Waals surface area contributed by atoms with Crippen molar-refractivity contribution in [2.45, 2.75) is 18.6 Å². The summed E-state index contributed by atoms with van der Waals surface area (Å²) in [5, 5.41) is -0.406. The molecule has 0 aliphatic rings. The van der Waals surface area contributed by atoms with Crippen LogP contribution in [-0.2, 0) is 15.7 Å². The minimum Gasteiger partial charge on any atom is -0.469 e. The van der Waals surface area contributed by atoms with Crippen molar-refractivity contribution in [2.24, 2.45) is 5.73 Å². The average molecular weight is 282 g/mol. The number of rotatable bonds is 3. The maximum Gasteiger partial charge on any atom is 0.417 e. The number of benzene rings is 1. The lowest BCUT2D eigenvalue weighted by Gasteiger charge is -2.14. The zero-order chi connectivity index (χ0) is 13.9. The summed E-state index contributed by atoms with van der Waals surface area (Å²) in [4.78, 5) is 11.0. The van der Waals surface area contributed by atoms with Gasteiger partial charge >= 0.3 is 12.1 Å². The molecule has 7 heteroatoms. The molecule has 0 amide bonds. The van der Waals surface area contributed by atoms with Crippen molar-refractivity contribution in [2.75, 3.05) is 7.11 Å². The fraction of sp³-hybridized carbons (Fsp3) is 0.364. The van der Waals surface area contributed by atoms with Gasteiger partial charge in [-0.1, -0.05) is 17.7 Å². The fourth-order valence-corrected chi connectivity index (χ4v) is 1.60. The van der Waals surface area contributed by atoms with Crippen molar-refractivity contribution in [1.82, 2.24) is 0 Å². The molecule has 0 spiro atoms. The number of carbonyl (C=O) groups excluding carboxylic acids is 1. The molecular weight excluding hydrogens is 271 g/mol. The lowest BCUT2D eigenvalue weighted by Crippen LogP contribution is -2.17.